The van der Waals surface area contributed by atoms with E-state index in [1.807, 2.05) is 13.8 Å². The molecule has 4 nitrogen and oxygen atoms in total. The maximum absolute atomic E-state index is 11.6. The third kappa shape index (κ3) is 5.88. The molecule has 0 aliphatic heterocycles. The normalized spacial score (nSPS) is 16.2. The predicted octanol–water partition coefficient (Wildman–Crippen LogP) is 1.10. The Balaban J connectivity index is 3.90. The van der Waals surface area contributed by atoms with Crippen LogP contribution in [-0.4, -0.2) is 36.4 Å². The smallest absolute Gasteiger partial charge is 0.249 e. The molecule has 0 heterocycles. The second kappa shape index (κ2) is 8.30. The van der Waals surface area contributed by atoms with Gasteiger partial charge in [0.2, 0.25) is 5.91 Å². The van der Waals surface area contributed by atoms with Crippen molar-refractivity contribution in [2.24, 2.45) is 5.92 Å². The molecule has 4 heteroatoms. The van der Waals surface area contributed by atoms with E-state index in [9.17, 15) is 4.79 Å². The summed E-state index contributed by atoms with van der Waals surface area (Å²) in [4.78, 5) is 11.6. The quantitative estimate of drug-likeness (QED) is 0.484. The molecular weight excluding hydrogens is 206 g/mol. The fourth-order valence-corrected chi connectivity index (χ4v) is 1.05. The third-order valence-corrected chi connectivity index (χ3v) is 2.57. The van der Waals surface area contributed by atoms with Gasteiger partial charge in [0.1, 0.15) is 6.10 Å². The van der Waals surface area contributed by atoms with Crippen molar-refractivity contribution in [1.29, 1.82) is 0 Å². The van der Waals surface area contributed by atoms with Crippen LogP contribution in [0.5, 0.6) is 0 Å². The van der Waals surface area contributed by atoms with E-state index >= 15 is 0 Å². The van der Waals surface area contributed by atoms with Crippen LogP contribution in [0.2, 0.25) is 0 Å². The SMILES string of the molecule is C=CCCOC(C)C(=O)NC(C)C(C)CO. The molecule has 0 aromatic carbocycles. The standard InChI is InChI=1S/C12H23NO3/c1-5-6-7-16-11(4)12(15)13-10(3)9(2)8-14/h5,9-11,14H,1,6-8H2,2-4H3,(H,13,15). The average Bonchev–Trinajstić information content (AvgIpc) is 2.27. The van der Waals surface area contributed by atoms with E-state index in [-0.39, 0.29) is 24.5 Å². The van der Waals surface area contributed by atoms with Crippen LogP contribution < -0.4 is 5.32 Å². The van der Waals surface area contributed by atoms with Crippen LogP contribution in [0.25, 0.3) is 0 Å². The highest BCUT2D eigenvalue weighted by atomic mass is 16.5. The fraction of sp³-hybridized carbons (Fsp3) is 0.750. The minimum Gasteiger partial charge on any atom is -0.396 e. The maximum atomic E-state index is 11.6. The molecule has 0 aromatic rings. The van der Waals surface area contributed by atoms with E-state index in [4.69, 9.17) is 9.84 Å². The fourth-order valence-electron chi connectivity index (χ4n) is 1.05. The molecule has 2 N–H and O–H groups in total. The number of carbonyl (C=O) groups excluding carboxylic acids is 1. The molecule has 0 radical (unpaired) electrons. The maximum Gasteiger partial charge on any atom is 0.249 e. The van der Waals surface area contributed by atoms with Gasteiger partial charge in [-0.05, 0) is 26.2 Å². The van der Waals surface area contributed by atoms with Gasteiger partial charge < -0.3 is 15.2 Å². The molecule has 0 fully saturated rings. The predicted molar refractivity (Wildman–Crippen MR) is 64.1 cm³/mol. The Labute approximate surface area is 97.7 Å². The highest BCUT2D eigenvalue weighted by Gasteiger charge is 2.18. The van der Waals surface area contributed by atoms with Gasteiger partial charge in [0.05, 0.1) is 6.61 Å². The summed E-state index contributed by atoms with van der Waals surface area (Å²) in [7, 11) is 0. The van der Waals surface area contributed by atoms with Crippen molar-refractivity contribution < 1.29 is 14.6 Å². The number of hydrogen-bond acceptors (Lipinski definition) is 3. The van der Waals surface area contributed by atoms with E-state index in [2.05, 4.69) is 11.9 Å². The van der Waals surface area contributed by atoms with Crippen LogP contribution in [-0.2, 0) is 9.53 Å². The Morgan fingerprint density at radius 2 is 2.12 bits per heavy atom. The second-order valence-electron chi connectivity index (χ2n) is 4.05. The lowest BCUT2D eigenvalue weighted by Gasteiger charge is -2.21. The number of rotatable bonds is 8. The first-order valence-corrected chi connectivity index (χ1v) is 5.66. The third-order valence-electron chi connectivity index (χ3n) is 2.57. The number of ether oxygens (including phenoxy) is 1. The molecule has 3 unspecified atom stereocenters. The van der Waals surface area contributed by atoms with Crippen molar-refractivity contribution in [2.45, 2.75) is 39.3 Å². The highest BCUT2D eigenvalue weighted by molar-refractivity contribution is 5.80. The number of carbonyl (C=O) groups is 1. The Hall–Kier alpha value is -0.870. The zero-order chi connectivity index (χ0) is 12.6. The summed E-state index contributed by atoms with van der Waals surface area (Å²) in [6, 6.07) is -0.0528. The minimum atomic E-state index is -0.465. The molecule has 0 saturated heterocycles. The lowest BCUT2D eigenvalue weighted by Crippen LogP contribution is -2.43. The van der Waals surface area contributed by atoms with Crippen LogP contribution in [0.3, 0.4) is 0 Å². The van der Waals surface area contributed by atoms with Crippen molar-refractivity contribution in [2.75, 3.05) is 13.2 Å². The van der Waals surface area contributed by atoms with E-state index < -0.39 is 6.10 Å². The Morgan fingerprint density at radius 1 is 1.50 bits per heavy atom. The second-order valence-corrected chi connectivity index (χ2v) is 4.05. The first-order valence-electron chi connectivity index (χ1n) is 5.66. The minimum absolute atomic E-state index is 0.0457. The lowest BCUT2D eigenvalue weighted by molar-refractivity contribution is -0.132. The van der Waals surface area contributed by atoms with Gasteiger partial charge in [-0.15, -0.1) is 6.58 Å². The molecule has 0 aliphatic rings. The van der Waals surface area contributed by atoms with Crippen molar-refractivity contribution >= 4 is 5.91 Å². The molecule has 0 aromatic heterocycles. The van der Waals surface area contributed by atoms with Crippen LogP contribution in [0.15, 0.2) is 12.7 Å². The summed E-state index contributed by atoms with van der Waals surface area (Å²) in [5.74, 6) is -0.0961. The summed E-state index contributed by atoms with van der Waals surface area (Å²) in [6.07, 6.45) is 2.02. The summed E-state index contributed by atoms with van der Waals surface area (Å²) in [6.45, 7) is 9.61. The Bertz CT molecular complexity index is 218. The van der Waals surface area contributed by atoms with Gasteiger partial charge in [0.25, 0.3) is 0 Å². The Kier molecular flexibility index (Phi) is 7.85. The molecule has 0 bridgehead atoms. The van der Waals surface area contributed by atoms with E-state index in [0.29, 0.717) is 6.61 Å². The molecule has 0 saturated carbocycles. The molecule has 3 atom stereocenters. The molecule has 16 heavy (non-hydrogen) atoms. The molecule has 0 spiro atoms. The van der Waals surface area contributed by atoms with E-state index in [1.54, 1.807) is 13.0 Å². The zero-order valence-electron chi connectivity index (χ0n) is 10.4. The number of amides is 1. The van der Waals surface area contributed by atoms with Gasteiger partial charge in [-0.1, -0.05) is 13.0 Å². The number of nitrogens with one attached hydrogen (secondary N) is 1. The monoisotopic (exact) mass is 229 g/mol. The topological polar surface area (TPSA) is 58.6 Å². The summed E-state index contributed by atoms with van der Waals surface area (Å²) in [5, 5.41) is 11.7. The first-order chi connectivity index (χ1) is 7.52. The number of aliphatic hydroxyl groups is 1. The average molecular weight is 229 g/mol. The molecule has 1 amide bonds. The van der Waals surface area contributed by atoms with Gasteiger partial charge in [0, 0.05) is 12.6 Å². The van der Waals surface area contributed by atoms with Crippen molar-refractivity contribution in [3.05, 3.63) is 12.7 Å². The first kappa shape index (κ1) is 15.1. The molecule has 0 rings (SSSR count). The summed E-state index contributed by atoms with van der Waals surface area (Å²) in [5.41, 5.74) is 0. The molecular formula is C12H23NO3. The largest absolute Gasteiger partial charge is 0.396 e. The lowest BCUT2D eigenvalue weighted by atomic mass is 10.1. The molecule has 0 aliphatic carbocycles. The van der Waals surface area contributed by atoms with Gasteiger partial charge in [-0.3, -0.25) is 4.79 Å². The molecule has 94 valence electrons. The highest BCUT2D eigenvalue weighted by Crippen LogP contribution is 2.02. The van der Waals surface area contributed by atoms with Crippen molar-refractivity contribution in [1.82, 2.24) is 5.32 Å². The van der Waals surface area contributed by atoms with Gasteiger partial charge in [-0.25, -0.2) is 0 Å². The van der Waals surface area contributed by atoms with E-state index in [1.165, 1.54) is 0 Å². The number of aliphatic hydroxyl groups excluding tert-OH is 1. The van der Waals surface area contributed by atoms with Crippen molar-refractivity contribution in [3.63, 3.8) is 0 Å². The van der Waals surface area contributed by atoms with Gasteiger partial charge >= 0.3 is 0 Å². The van der Waals surface area contributed by atoms with Gasteiger partial charge in [-0.2, -0.15) is 0 Å². The van der Waals surface area contributed by atoms with Crippen LogP contribution in [0.1, 0.15) is 27.2 Å². The summed E-state index contributed by atoms with van der Waals surface area (Å²) < 4.78 is 5.31. The van der Waals surface area contributed by atoms with Crippen molar-refractivity contribution in [3.8, 4) is 0 Å². The Morgan fingerprint density at radius 3 is 2.62 bits per heavy atom. The van der Waals surface area contributed by atoms with Crippen LogP contribution in [0.4, 0.5) is 0 Å². The number of hydrogen-bond donors (Lipinski definition) is 2. The van der Waals surface area contributed by atoms with Crippen LogP contribution in [0, 0.1) is 5.92 Å². The van der Waals surface area contributed by atoms with Gasteiger partial charge in [0.15, 0.2) is 0 Å². The van der Waals surface area contributed by atoms with Crippen LogP contribution >= 0.6 is 0 Å². The summed E-state index contributed by atoms with van der Waals surface area (Å²) >= 11 is 0. The zero-order valence-corrected chi connectivity index (χ0v) is 10.4. The van der Waals surface area contributed by atoms with E-state index in [0.717, 1.165) is 6.42 Å².